The van der Waals surface area contributed by atoms with E-state index < -0.39 is 0 Å². The van der Waals surface area contributed by atoms with Crippen molar-refractivity contribution in [2.24, 2.45) is 0 Å². The molecule has 19 heavy (non-hydrogen) atoms. The Morgan fingerprint density at radius 1 is 1.53 bits per heavy atom. The molecule has 5 heteroatoms. The first-order valence-electron chi connectivity index (χ1n) is 6.89. The second-order valence-electron chi connectivity index (χ2n) is 5.13. The first-order valence-corrected chi connectivity index (χ1v) is 8.69. The summed E-state index contributed by atoms with van der Waals surface area (Å²) in [6.45, 7) is 4.36. The van der Waals surface area contributed by atoms with Gasteiger partial charge in [0.05, 0.1) is 5.39 Å². The Labute approximate surface area is 120 Å². The highest BCUT2D eigenvalue weighted by molar-refractivity contribution is 7.99. The third-order valence-corrected chi connectivity index (χ3v) is 5.87. The number of rotatable bonds is 3. The normalized spacial score (nSPS) is 18.7. The minimum atomic E-state index is 0.0508. The van der Waals surface area contributed by atoms with Crippen LogP contribution in [0.3, 0.4) is 0 Å². The van der Waals surface area contributed by atoms with E-state index in [4.69, 9.17) is 0 Å². The van der Waals surface area contributed by atoms with Crippen molar-refractivity contribution in [3.63, 3.8) is 0 Å². The molecule has 1 atom stereocenters. The van der Waals surface area contributed by atoms with Gasteiger partial charge in [0.25, 0.3) is 5.56 Å². The Hall–Kier alpha value is -0.810. The van der Waals surface area contributed by atoms with Gasteiger partial charge in [-0.2, -0.15) is 0 Å². The molecule has 0 aliphatic heterocycles. The first-order chi connectivity index (χ1) is 9.20. The van der Waals surface area contributed by atoms with Gasteiger partial charge in [0.2, 0.25) is 0 Å². The van der Waals surface area contributed by atoms with Crippen molar-refractivity contribution in [2.45, 2.75) is 50.6 Å². The van der Waals surface area contributed by atoms with Crippen LogP contribution < -0.4 is 5.56 Å². The minimum absolute atomic E-state index is 0.0508. The van der Waals surface area contributed by atoms with Gasteiger partial charge in [-0.15, -0.1) is 11.3 Å². The molecule has 0 spiro atoms. The van der Waals surface area contributed by atoms with Crippen LogP contribution in [0.2, 0.25) is 0 Å². The highest BCUT2D eigenvalue weighted by Gasteiger charge is 2.24. The lowest BCUT2D eigenvalue weighted by Gasteiger charge is -2.18. The Bertz CT molecular complexity index is 659. The fourth-order valence-electron chi connectivity index (χ4n) is 2.74. The van der Waals surface area contributed by atoms with Crippen LogP contribution in [-0.2, 0) is 6.42 Å². The number of nitrogens with one attached hydrogen (secondary N) is 1. The largest absolute Gasteiger partial charge is 0.301 e. The van der Waals surface area contributed by atoms with Gasteiger partial charge >= 0.3 is 0 Å². The van der Waals surface area contributed by atoms with Crippen molar-refractivity contribution in [1.82, 2.24) is 9.97 Å². The lowest BCUT2D eigenvalue weighted by molar-refractivity contribution is 0.601. The number of thioether (sulfide) groups is 1. The van der Waals surface area contributed by atoms with Crippen molar-refractivity contribution in [3.05, 3.63) is 20.8 Å². The zero-order chi connectivity index (χ0) is 13.4. The molecule has 1 aliphatic carbocycles. The van der Waals surface area contributed by atoms with E-state index in [1.54, 1.807) is 23.1 Å². The molecule has 0 aromatic carbocycles. The van der Waals surface area contributed by atoms with Gasteiger partial charge in [-0.05, 0) is 37.2 Å². The predicted octanol–water partition coefficient (Wildman–Crippen LogP) is 3.93. The molecule has 3 rings (SSSR count). The Kier molecular flexibility index (Phi) is 3.67. The maximum absolute atomic E-state index is 12.3. The van der Waals surface area contributed by atoms with Crippen LogP contribution in [0.25, 0.3) is 10.2 Å². The Morgan fingerprint density at radius 3 is 3.16 bits per heavy atom. The summed E-state index contributed by atoms with van der Waals surface area (Å²) >= 11 is 3.36. The second kappa shape index (κ2) is 5.29. The van der Waals surface area contributed by atoms with Crippen molar-refractivity contribution < 1.29 is 0 Å². The Balaban J connectivity index is 2.14. The molecule has 0 fully saturated rings. The molecule has 2 heterocycles. The topological polar surface area (TPSA) is 45.8 Å². The fourth-order valence-corrected chi connectivity index (χ4v) is 4.85. The summed E-state index contributed by atoms with van der Waals surface area (Å²) in [6, 6.07) is 0. The number of aryl methyl sites for hydroxylation is 1. The summed E-state index contributed by atoms with van der Waals surface area (Å²) in [6.07, 6.45) is 4.61. The van der Waals surface area contributed by atoms with Crippen molar-refractivity contribution >= 4 is 33.3 Å². The predicted molar refractivity (Wildman–Crippen MR) is 82.6 cm³/mol. The minimum Gasteiger partial charge on any atom is -0.301 e. The van der Waals surface area contributed by atoms with E-state index in [0.29, 0.717) is 5.92 Å². The molecule has 0 saturated heterocycles. The van der Waals surface area contributed by atoms with Crippen LogP contribution in [0, 0.1) is 0 Å². The number of aromatic nitrogens is 2. The quantitative estimate of drug-likeness (QED) is 0.689. The number of fused-ring (bicyclic) bond motifs is 3. The van der Waals surface area contributed by atoms with Gasteiger partial charge in [0, 0.05) is 10.6 Å². The van der Waals surface area contributed by atoms with Crippen LogP contribution in [0.15, 0.2) is 9.95 Å². The standard InChI is InChI=1S/C14H18N2OS2/c1-3-7-18-14-15-12(17)11-10-8(2)5-4-6-9(10)19-13(11)16-14/h8H,3-7H2,1-2H3,(H,15,16,17)/t8-/m1/s1. The maximum Gasteiger partial charge on any atom is 0.260 e. The number of H-pyrrole nitrogens is 1. The van der Waals surface area contributed by atoms with Crippen molar-refractivity contribution in [2.75, 3.05) is 5.75 Å². The molecule has 0 unspecified atom stereocenters. The van der Waals surface area contributed by atoms with E-state index in [0.717, 1.165) is 34.0 Å². The first kappa shape index (κ1) is 13.2. The van der Waals surface area contributed by atoms with Gasteiger partial charge in [-0.1, -0.05) is 25.6 Å². The lowest BCUT2D eigenvalue weighted by atomic mass is 9.88. The van der Waals surface area contributed by atoms with Crippen LogP contribution in [0.5, 0.6) is 0 Å². The maximum atomic E-state index is 12.3. The van der Waals surface area contributed by atoms with Crippen LogP contribution in [0.4, 0.5) is 0 Å². The molecule has 0 saturated carbocycles. The van der Waals surface area contributed by atoms with Crippen LogP contribution in [0.1, 0.15) is 49.5 Å². The molecule has 1 N–H and O–H groups in total. The third-order valence-electron chi connectivity index (χ3n) is 3.63. The van der Waals surface area contributed by atoms with Gasteiger partial charge in [0.15, 0.2) is 5.16 Å². The van der Waals surface area contributed by atoms with Gasteiger partial charge in [0.1, 0.15) is 4.83 Å². The van der Waals surface area contributed by atoms with Crippen molar-refractivity contribution in [1.29, 1.82) is 0 Å². The van der Waals surface area contributed by atoms with Gasteiger partial charge in [-0.25, -0.2) is 4.98 Å². The average molecular weight is 294 g/mol. The number of aromatic amines is 1. The molecular weight excluding hydrogens is 276 g/mol. The zero-order valence-electron chi connectivity index (χ0n) is 11.3. The third kappa shape index (κ3) is 2.34. The molecule has 2 aromatic heterocycles. The molecule has 0 bridgehead atoms. The SMILES string of the molecule is CCCSc1nc2sc3c(c2c(=O)[nH]1)[C@H](C)CCC3. The summed E-state index contributed by atoms with van der Waals surface area (Å²) in [5.74, 6) is 1.49. The van der Waals surface area contributed by atoms with Gasteiger partial charge < -0.3 is 4.98 Å². The summed E-state index contributed by atoms with van der Waals surface area (Å²) in [5.41, 5.74) is 1.32. The van der Waals surface area contributed by atoms with E-state index in [9.17, 15) is 4.79 Å². The molecule has 0 amide bonds. The van der Waals surface area contributed by atoms with E-state index in [2.05, 4.69) is 23.8 Å². The molecule has 102 valence electrons. The Morgan fingerprint density at radius 2 is 2.37 bits per heavy atom. The van der Waals surface area contributed by atoms with E-state index >= 15 is 0 Å². The van der Waals surface area contributed by atoms with E-state index in [-0.39, 0.29) is 5.56 Å². The smallest absolute Gasteiger partial charge is 0.260 e. The van der Waals surface area contributed by atoms with Crippen LogP contribution >= 0.6 is 23.1 Å². The molecule has 1 aliphatic rings. The average Bonchev–Trinajstić information content (AvgIpc) is 2.76. The molecule has 2 aromatic rings. The fraction of sp³-hybridized carbons (Fsp3) is 0.571. The molecule has 0 radical (unpaired) electrons. The number of hydrogen-bond donors (Lipinski definition) is 1. The number of nitrogens with zero attached hydrogens (tertiary/aromatic N) is 1. The number of hydrogen-bond acceptors (Lipinski definition) is 4. The lowest BCUT2D eigenvalue weighted by Crippen LogP contribution is -2.12. The van der Waals surface area contributed by atoms with E-state index in [1.807, 2.05) is 0 Å². The van der Waals surface area contributed by atoms with Gasteiger partial charge in [-0.3, -0.25) is 4.79 Å². The van der Waals surface area contributed by atoms with Crippen LogP contribution in [-0.4, -0.2) is 15.7 Å². The summed E-state index contributed by atoms with van der Waals surface area (Å²) in [5, 5.41) is 1.62. The monoisotopic (exact) mass is 294 g/mol. The summed E-state index contributed by atoms with van der Waals surface area (Å²) < 4.78 is 0. The summed E-state index contributed by atoms with van der Waals surface area (Å²) in [4.78, 5) is 22.2. The highest BCUT2D eigenvalue weighted by Crippen LogP contribution is 2.40. The summed E-state index contributed by atoms with van der Waals surface area (Å²) in [7, 11) is 0. The highest BCUT2D eigenvalue weighted by atomic mass is 32.2. The molecular formula is C14H18N2OS2. The molecule has 3 nitrogen and oxygen atoms in total. The number of thiophene rings is 1. The zero-order valence-corrected chi connectivity index (χ0v) is 12.9. The van der Waals surface area contributed by atoms with E-state index in [1.165, 1.54) is 23.3 Å². The second-order valence-corrected chi connectivity index (χ2v) is 7.30. The van der Waals surface area contributed by atoms with Crippen molar-refractivity contribution in [3.8, 4) is 0 Å².